The molecule has 3 aromatic rings. The molecular formula is C13H8N4O4. The Balaban J connectivity index is 2.26. The summed E-state index contributed by atoms with van der Waals surface area (Å²) in [6.07, 6.45) is 4.16. The van der Waals surface area contributed by atoms with Crippen LogP contribution in [0.5, 0.6) is 0 Å². The fourth-order valence-electron chi connectivity index (χ4n) is 2.08. The lowest BCUT2D eigenvalue weighted by atomic mass is 10.1. The van der Waals surface area contributed by atoms with E-state index in [1.54, 1.807) is 12.1 Å². The highest BCUT2D eigenvalue weighted by molar-refractivity contribution is 5.94. The molecule has 0 spiro atoms. The molecule has 2 heterocycles. The Bertz CT molecular complexity index is 871. The molecule has 0 atom stereocenters. The number of imidazole rings is 1. The fourth-order valence-corrected chi connectivity index (χ4v) is 2.08. The van der Waals surface area contributed by atoms with Gasteiger partial charge in [-0.3, -0.25) is 10.1 Å². The molecule has 2 aromatic heterocycles. The average Bonchev–Trinajstić information content (AvgIpc) is 2.95. The molecule has 0 unspecified atom stereocenters. The SMILES string of the molecule is O=C(O)c1cn(-c2ccc([N+](=O)[O-])c3ncccc23)cn1. The normalized spacial score (nSPS) is 10.7. The number of aromatic carboxylic acids is 1. The average molecular weight is 284 g/mol. The van der Waals surface area contributed by atoms with E-state index in [2.05, 4.69) is 9.97 Å². The van der Waals surface area contributed by atoms with E-state index in [4.69, 9.17) is 5.11 Å². The Kier molecular flexibility index (Phi) is 2.83. The first-order valence-corrected chi connectivity index (χ1v) is 5.87. The first kappa shape index (κ1) is 12.7. The zero-order valence-corrected chi connectivity index (χ0v) is 10.5. The number of aromatic nitrogens is 3. The van der Waals surface area contributed by atoms with Gasteiger partial charge in [0.1, 0.15) is 11.8 Å². The van der Waals surface area contributed by atoms with Crippen molar-refractivity contribution in [3.63, 3.8) is 0 Å². The Morgan fingerprint density at radius 1 is 1.29 bits per heavy atom. The molecule has 8 heteroatoms. The van der Waals surface area contributed by atoms with Gasteiger partial charge in [-0.15, -0.1) is 0 Å². The molecule has 0 amide bonds. The second-order valence-electron chi connectivity index (χ2n) is 4.23. The maximum atomic E-state index is 11.0. The lowest BCUT2D eigenvalue weighted by molar-refractivity contribution is -0.383. The molecule has 0 aliphatic heterocycles. The number of non-ortho nitro benzene ring substituents is 1. The van der Waals surface area contributed by atoms with Crippen LogP contribution in [0.15, 0.2) is 43.0 Å². The van der Waals surface area contributed by atoms with Gasteiger partial charge in [-0.05, 0) is 18.2 Å². The number of nitro benzene ring substituents is 1. The number of rotatable bonds is 3. The first-order chi connectivity index (χ1) is 10.1. The molecule has 0 aliphatic rings. The topological polar surface area (TPSA) is 111 Å². The number of carboxylic acids is 1. The van der Waals surface area contributed by atoms with Gasteiger partial charge in [0, 0.05) is 23.8 Å². The van der Waals surface area contributed by atoms with Crippen molar-refractivity contribution in [2.75, 3.05) is 0 Å². The van der Waals surface area contributed by atoms with Crippen LogP contribution in [-0.4, -0.2) is 30.5 Å². The minimum Gasteiger partial charge on any atom is -0.476 e. The summed E-state index contributed by atoms with van der Waals surface area (Å²) in [7, 11) is 0. The molecule has 1 N–H and O–H groups in total. The number of hydrogen-bond acceptors (Lipinski definition) is 5. The number of carbonyl (C=O) groups is 1. The van der Waals surface area contributed by atoms with Crippen molar-refractivity contribution < 1.29 is 14.8 Å². The van der Waals surface area contributed by atoms with Gasteiger partial charge < -0.3 is 9.67 Å². The highest BCUT2D eigenvalue weighted by Crippen LogP contribution is 2.28. The molecule has 0 saturated carbocycles. The summed E-state index contributed by atoms with van der Waals surface area (Å²) in [4.78, 5) is 29.2. The number of hydrogen-bond donors (Lipinski definition) is 1. The number of benzene rings is 1. The molecule has 0 saturated heterocycles. The number of carboxylic acid groups (broad SMARTS) is 1. The summed E-state index contributed by atoms with van der Waals surface area (Å²) in [5.74, 6) is -1.14. The standard InChI is InChI=1S/C13H8N4O4/c18-13(19)9-6-16(7-15-9)10-3-4-11(17(20)21)12-8(10)2-1-5-14-12/h1-7H,(H,18,19). The third-order valence-corrected chi connectivity index (χ3v) is 3.00. The zero-order chi connectivity index (χ0) is 15.0. The van der Waals surface area contributed by atoms with E-state index in [0.29, 0.717) is 11.1 Å². The number of nitrogens with zero attached hydrogens (tertiary/aromatic N) is 4. The maximum Gasteiger partial charge on any atom is 0.356 e. The fraction of sp³-hybridized carbons (Fsp3) is 0. The molecule has 0 bridgehead atoms. The van der Waals surface area contributed by atoms with Gasteiger partial charge in [-0.1, -0.05) is 0 Å². The van der Waals surface area contributed by atoms with Gasteiger partial charge in [-0.2, -0.15) is 0 Å². The van der Waals surface area contributed by atoms with E-state index in [1.165, 1.54) is 35.4 Å². The Morgan fingerprint density at radius 3 is 2.76 bits per heavy atom. The zero-order valence-electron chi connectivity index (χ0n) is 10.5. The van der Waals surface area contributed by atoms with Crippen LogP contribution < -0.4 is 0 Å². The van der Waals surface area contributed by atoms with Gasteiger partial charge in [0.05, 0.1) is 10.6 Å². The monoisotopic (exact) mass is 284 g/mol. The van der Waals surface area contributed by atoms with Crippen LogP contribution in [0, 0.1) is 10.1 Å². The highest BCUT2D eigenvalue weighted by Gasteiger charge is 2.17. The molecule has 1 aromatic carbocycles. The van der Waals surface area contributed by atoms with Gasteiger partial charge in [0.2, 0.25) is 0 Å². The predicted molar refractivity (Wildman–Crippen MR) is 72.5 cm³/mol. The molecule has 0 aliphatic carbocycles. The third-order valence-electron chi connectivity index (χ3n) is 3.00. The van der Waals surface area contributed by atoms with Crippen molar-refractivity contribution in [2.24, 2.45) is 0 Å². The van der Waals surface area contributed by atoms with E-state index in [1.807, 2.05) is 0 Å². The number of pyridine rings is 1. The largest absolute Gasteiger partial charge is 0.476 e. The highest BCUT2D eigenvalue weighted by atomic mass is 16.6. The molecule has 104 valence electrons. The molecule has 0 radical (unpaired) electrons. The lowest BCUT2D eigenvalue weighted by Crippen LogP contribution is -1.98. The number of nitro groups is 1. The van der Waals surface area contributed by atoms with Gasteiger partial charge in [0.25, 0.3) is 5.69 Å². The van der Waals surface area contributed by atoms with Gasteiger partial charge in [-0.25, -0.2) is 14.8 Å². The quantitative estimate of drug-likeness (QED) is 0.581. The van der Waals surface area contributed by atoms with Crippen molar-refractivity contribution in [1.82, 2.24) is 14.5 Å². The Hall–Kier alpha value is -3.29. The summed E-state index contributed by atoms with van der Waals surface area (Å²) in [6, 6.07) is 6.22. The van der Waals surface area contributed by atoms with Crippen LogP contribution >= 0.6 is 0 Å². The molecule has 3 rings (SSSR count). The van der Waals surface area contributed by atoms with E-state index < -0.39 is 10.9 Å². The van der Waals surface area contributed by atoms with Crippen LogP contribution in [0.1, 0.15) is 10.5 Å². The van der Waals surface area contributed by atoms with E-state index >= 15 is 0 Å². The molecule has 0 fully saturated rings. The van der Waals surface area contributed by atoms with Crippen LogP contribution in [0.25, 0.3) is 16.6 Å². The second-order valence-corrected chi connectivity index (χ2v) is 4.23. The summed E-state index contributed by atoms with van der Waals surface area (Å²) >= 11 is 0. The molecule has 8 nitrogen and oxygen atoms in total. The summed E-state index contributed by atoms with van der Waals surface area (Å²) in [5.41, 5.74) is 0.604. The third kappa shape index (κ3) is 2.08. The molecular weight excluding hydrogens is 276 g/mol. The van der Waals surface area contributed by atoms with Crippen molar-refractivity contribution in [2.45, 2.75) is 0 Å². The molecule has 21 heavy (non-hydrogen) atoms. The van der Waals surface area contributed by atoms with Gasteiger partial charge >= 0.3 is 5.97 Å². The minimum absolute atomic E-state index is 0.104. The van der Waals surface area contributed by atoms with Crippen LogP contribution in [0.4, 0.5) is 5.69 Å². The lowest BCUT2D eigenvalue weighted by Gasteiger charge is -2.06. The minimum atomic E-state index is -1.14. The first-order valence-electron chi connectivity index (χ1n) is 5.87. The smallest absolute Gasteiger partial charge is 0.356 e. The summed E-state index contributed by atoms with van der Waals surface area (Å²) in [6.45, 7) is 0. The predicted octanol–water partition coefficient (Wildman–Crippen LogP) is 2.03. The van der Waals surface area contributed by atoms with E-state index in [0.717, 1.165) is 0 Å². The van der Waals surface area contributed by atoms with Crippen LogP contribution in [0.3, 0.4) is 0 Å². The van der Waals surface area contributed by atoms with E-state index in [-0.39, 0.29) is 16.9 Å². The van der Waals surface area contributed by atoms with Crippen molar-refractivity contribution >= 4 is 22.6 Å². The van der Waals surface area contributed by atoms with Crippen molar-refractivity contribution in [3.05, 3.63) is 58.8 Å². The summed E-state index contributed by atoms with van der Waals surface area (Å²) < 4.78 is 1.50. The number of fused-ring (bicyclic) bond motifs is 1. The Morgan fingerprint density at radius 2 is 2.10 bits per heavy atom. The van der Waals surface area contributed by atoms with Gasteiger partial charge in [0.15, 0.2) is 5.69 Å². The van der Waals surface area contributed by atoms with Crippen LogP contribution in [-0.2, 0) is 0 Å². The Labute approximate surface area is 117 Å². The van der Waals surface area contributed by atoms with Crippen molar-refractivity contribution in [3.8, 4) is 5.69 Å². The maximum absolute atomic E-state index is 11.0. The van der Waals surface area contributed by atoms with Crippen molar-refractivity contribution in [1.29, 1.82) is 0 Å². The summed E-state index contributed by atoms with van der Waals surface area (Å²) in [5, 5.41) is 20.5. The van der Waals surface area contributed by atoms with Crippen LogP contribution in [0.2, 0.25) is 0 Å². The van der Waals surface area contributed by atoms with E-state index in [9.17, 15) is 14.9 Å². The second kappa shape index (κ2) is 4.67.